The van der Waals surface area contributed by atoms with Gasteiger partial charge in [0.05, 0.1) is 0 Å². The Morgan fingerprint density at radius 2 is 2.07 bits per heavy atom. The SMILES string of the molecule is NCCC(=O)N1CCCN2CCCC2C1. The molecule has 0 spiro atoms. The van der Waals surface area contributed by atoms with Gasteiger partial charge in [-0.05, 0) is 25.8 Å². The first-order chi connectivity index (χ1) is 7.31. The van der Waals surface area contributed by atoms with Crippen molar-refractivity contribution in [1.82, 2.24) is 9.80 Å². The summed E-state index contributed by atoms with van der Waals surface area (Å²) in [5.41, 5.74) is 5.42. The van der Waals surface area contributed by atoms with Crippen LogP contribution in [-0.4, -0.2) is 54.5 Å². The zero-order valence-corrected chi connectivity index (χ0v) is 9.32. The highest BCUT2D eigenvalue weighted by Gasteiger charge is 2.29. The van der Waals surface area contributed by atoms with Crippen LogP contribution in [0.1, 0.15) is 25.7 Å². The number of hydrogen-bond donors (Lipinski definition) is 1. The summed E-state index contributed by atoms with van der Waals surface area (Å²) < 4.78 is 0. The molecule has 0 aromatic rings. The molecule has 15 heavy (non-hydrogen) atoms. The van der Waals surface area contributed by atoms with E-state index in [1.54, 1.807) is 0 Å². The van der Waals surface area contributed by atoms with Gasteiger partial charge >= 0.3 is 0 Å². The average Bonchev–Trinajstić information content (AvgIpc) is 2.56. The standard InChI is InChI=1S/C11H21N3O/c12-5-4-11(15)14-8-2-7-13-6-1-3-10(13)9-14/h10H,1-9,12H2. The van der Waals surface area contributed by atoms with Gasteiger partial charge in [0.2, 0.25) is 5.91 Å². The normalized spacial score (nSPS) is 27.5. The van der Waals surface area contributed by atoms with E-state index in [4.69, 9.17) is 5.73 Å². The van der Waals surface area contributed by atoms with Gasteiger partial charge in [0, 0.05) is 38.6 Å². The van der Waals surface area contributed by atoms with Crippen molar-refractivity contribution in [3.05, 3.63) is 0 Å². The zero-order chi connectivity index (χ0) is 10.7. The van der Waals surface area contributed by atoms with Crippen molar-refractivity contribution in [2.75, 3.05) is 32.7 Å². The summed E-state index contributed by atoms with van der Waals surface area (Å²) in [7, 11) is 0. The van der Waals surface area contributed by atoms with Crippen LogP contribution in [0.4, 0.5) is 0 Å². The molecular formula is C11H21N3O. The molecule has 0 saturated carbocycles. The number of nitrogens with zero attached hydrogens (tertiary/aromatic N) is 2. The largest absolute Gasteiger partial charge is 0.341 e. The summed E-state index contributed by atoms with van der Waals surface area (Å²) in [5.74, 6) is 0.242. The van der Waals surface area contributed by atoms with E-state index in [-0.39, 0.29) is 5.91 Å². The van der Waals surface area contributed by atoms with Gasteiger partial charge in [-0.25, -0.2) is 0 Å². The highest BCUT2D eigenvalue weighted by Crippen LogP contribution is 2.21. The molecule has 2 heterocycles. The number of hydrogen-bond acceptors (Lipinski definition) is 3. The van der Waals surface area contributed by atoms with Crippen molar-refractivity contribution in [2.24, 2.45) is 5.73 Å². The minimum Gasteiger partial charge on any atom is -0.341 e. The summed E-state index contributed by atoms with van der Waals surface area (Å²) in [4.78, 5) is 16.3. The second-order valence-electron chi connectivity index (χ2n) is 4.56. The third-order valence-corrected chi connectivity index (χ3v) is 3.51. The lowest BCUT2D eigenvalue weighted by Gasteiger charge is -2.25. The Morgan fingerprint density at radius 1 is 1.27 bits per heavy atom. The number of rotatable bonds is 2. The molecule has 2 saturated heterocycles. The van der Waals surface area contributed by atoms with E-state index < -0.39 is 0 Å². The Labute approximate surface area is 91.4 Å². The predicted molar refractivity (Wildman–Crippen MR) is 59.5 cm³/mol. The number of amides is 1. The van der Waals surface area contributed by atoms with Crippen LogP contribution in [0.25, 0.3) is 0 Å². The minimum absolute atomic E-state index is 0.242. The van der Waals surface area contributed by atoms with E-state index in [0.29, 0.717) is 19.0 Å². The van der Waals surface area contributed by atoms with Crippen LogP contribution in [0.3, 0.4) is 0 Å². The molecule has 2 rings (SSSR count). The first kappa shape index (κ1) is 10.9. The van der Waals surface area contributed by atoms with E-state index in [1.807, 2.05) is 4.90 Å². The predicted octanol–water partition coefficient (Wildman–Crippen LogP) is 0.0319. The van der Waals surface area contributed by atoms with Crippen LogP contribution in [0.15, 0.2) is 0 Å². The summed E-state index contributed by atoms with van der Waals surface area (Å²) in [6.45, 7) is 4.72. The lowest BCUT2D eigenvalue weighted by Crippen LogP contribution is -2.40. The van der Waals surface area contributed by atoms with Crippen LogP contribution in [0.2, 0.25) is 0 Å². The van der Waals surface area contributed by atoms with Gasteiger partial charge < -0.3 is 10.6 Å². The highest BCUT2D eigenvalue weighted by atomic mass is 16.2. The summed E-state index contributed by atoms with van der Waals surface area (Å²) >= 11 is 0. The Balaban J connectivity index is 1.93. The average molecular weight is 211 g/mol. The Bertz CT molecular complexity index is 232. The van der Waals surface area contributed by atoms with Gasteiger partial charge in [-0.1, -0.05) is 0 Å². The maximum absolute atomic E-state index is 11.8. The van der Waals surface area contributed by atoms with Crippen LogP contribution in [0.5, 0.6) is 0 Å². The smallest absolute Gasteiger partial charge is 0.223 e. The molecule has 1 unspecified atom stereocenters. The van der Waals surface area contributed by atoms with Gasteiger partial charge in [0.25, 0.3) is 0 Å². The van der Waals surface area contributed by atoms with Crippen LogP contribution >= 0.6 is 0 Å². The minimum atomic E-state index is 0.242. The quantitative estimate of drug-likeness (QED) is 0.701. The van der Waals surface area contributed by atoms with Crippen molar-refractivity contribution in [3.63, 3.8) is 0 Å². The maximum atomic E-state index is 11.8. The fourth-order valence-electron chi connectivity index (χ4n) is 2.71. The molecule has 2 aliphatic rings. The van der Waals surface area contributed by atoms with E-state index in [2.05, 4.69) is 4.90 Å². The Morgan fingerprint density at radius 3 is 2.87 bits per heavy atom. The van der Waals surface area contributed by atoms with Gasteiger partial charge in [-0.15, -0.1) is 0 Å². The van der Waals surface area contributed by atoms with Crippen molar-refractivity contribution in [1.29, 1.82) is 0 Å². The summed E-state index contributed by atoms with van der Waals surface area (Å²) in [6.07, 6.45) is 4.18. The van der Waals surface area contributed by atoms with Crippen molar-refractivity contribution in [2.45, 2.75) is 31.7 Å². The van der Waals surface area contributed by atoms with Crippen molar-refractivity contribution in [3.8, 4) is 0 Å². The number of carbonyl (C=O) groups excluding carboxylic acids is 1. The third kappa shape index (κ3) is 2.49. The van der Waals surface area contributed by atoms with Gasteiger partial charge in [-0.2, -0.15) is 0 Å². The number of nitrogens with two attached hydrogens (primary N) is 1. The topological polar surface area (TPSA) is 49.6 Å². The molecule has 0 aromatic heterocycles. The van der Waals surface area contributed by atoms with Crippen LogP contribution in [0, 0.1) is 0 Å². The molecule has 2 N–H and O–H groups in total. The van der Waals surface area contributed by atoms with Gasteiger partial charge in [0.1, 0.15) is 0 Å². The molecule has 0 bridgehead atoms. The molecule has 0 radical (unpaired) electrons. The Hall–Kier alpha value is -0.610. The van der Waals surface area contributed by atoms with E-state index in [9.17, 15) is 4.79 Å². The van der Waals surface area contributed by atoms with Crippen molar-refractivity contribution < 1.29 is 4.79 Å². The zero-order valence-electron chi connectivity index (χ0n) is 9.32. The fourth-order valence-corrected chi connectivity index (χ4v) is 2.71. The second-order valence-corrected chi connectivity index (χ2v) is 4.56. The van der Waals surface area contributed by atoms with Crippen LogP contribution < -0.4 is 5.73 Å². The molecule has 1 atom stereocenters. The molecule has 2 aliphatic heterocycles. The molecule has 2 fully saturated rings. The maximum Gasteiger partial charge on any atom is 0.223 e. The third-order valence-electron chi connectivity index (χ3n) is 3.51. The molecular weight excluding hydrogens is 190 g/mol. The fraction of sp³-hybridized carbons (Fsp3) is 0.909. The molecule has 0 aliphatic carbocycles. The van der Waals surface area contributed by atoms with Crippen LogP contribution in [-0.2, 0) is 4.79 Å². The summed E-state index contributed by atoms with van der Waals surface area (Å²) in [6, 6.07) is 0.620. The lowest BCUT2D eigenvalue weighted by atomic mass is 10.2. The van der Waals surface area contributed by atoms with E-state index >= 15 is 0 Å². The Kier molecular flexibility index (Phi) is 3.59. The number of carbonyl (C=O) groups is 1. The van der Waals surface area contributed by atoms with Gasteiger partial charge in [-0.3, -0.25) is 9.69 Å². The molecule has 86 valence electrons. The molecule has 0 aromatic carbocycles. The molecule has 4 nitrogen and oxygen atoms in total. The lowest BCUT2D eigenvalue weighted by molar-refractivity contribution is -0.131. The van der Waals surface area contributed by atoms with Gasteiger partial charge in [0.15, 0.2) is 0 Å². The van der Waals surface area contributed by atoms with E-state index in [1.165, 1.54) is 19.4 Å². The molecule has 1 amide bonds. The number of fused-ring (bicyclic) bond motifs is 1. The molecule has 4 heteroatoms. The monoisotopic (exact) mass is 211 g/mol. The highest BCUT2D eigenvalue weighted by molar-refractivity contribution is 5.76. The van der Waals surface area contributed by atoms with E-state index in [0.717, 1.165) is 26.1 Å². The van der Waals surface area contributed by atoms with Crippen molar-refractivity contribution >= 4 is 5.91 Å². The first-order valence-electron chi connectivity index (χ1n) is 6.03. The summed E-state index contributed by atoms with van der Waals surface area (Å²) in [5, 5.41) is 0. The first-order valence-corrected chi connectivity index (χ1v) is 6.03. The second kappa shape index (κ2) is 4.94.